The third kappa shape index (κ3) is 2.05. The fourth-order valence-corrected chi connectivity index (χ4v) is 2.70. The molecule has 3 rings (SSSR count). The number of benzene rings is 1. The minimum atomic E-state index is -0.220. The molecule has 3 nitrogen and oxygen atoms in total. The van der Waals surface area contributed by atoms with E-state index in [1.165, 1.54) is 11.6 Å². The fourth-order valence-electron chi connectivity index (χ4n) is 2.70. The van der Waals surface area contributed by atoms with Crippen molar-refractivity contribution < 1.29 is 4.39 Å². The number of halogens is 1. The minimum absolute atomic E-state index is 0.0360. The molecule has 0 spiro atoms. The van der Waals surface area contributed by atoms with Gasteiger partial charge in [0, 0.05) is 30.9 Å². The van der Waals surface area contributed by atoms with Gasteiger partial charge in [-0.05, 0) is 45.0 Å². The monoisotopic (exact) mass is 273 g/mol. The highest BCUT2D eigenvalue weighted by Gasteiger charge is 2.28. The molecule has 2 heterocycles. The quantitative estimate of drug-likeness (QED) is 0.782. The average Bonchev–Trinajstić information content (AvgIpc) is 2.59. The van der Waals surface area contributed by atoms with Crippen LogP contribution >= 0.6 is 0 Å². The highest BCUT2D eigenvalue weighted by Crippen LogP contribution is 2.39. The standard InChI is InChI=1S/C16H20FN3/c1-16(2,3)20-10-11-7-8-19(4)15(11)18-13-9-12(17)5-6-14(13)20/h5-9,18H,10H2,1-4H3. The maximum absolute atomic E-state index is 13.6. The van der Waals surface area contributed by atoms with Gasteiger partial charge >= 0.3 is 0 Å². The van der Waals surface area contributed by atoms with Gasteiger partial charge in [-0.15, -0.1) is 0 Å². The minimum Gasteiger partial charge on any atom is -0.361 e. The summed E-state index contributed by atoms with van der Waals surface area (Å²) in [5.74, 6) is 0.811. The predicted octanol–water partition coefficient (Wildman–Crippen LogP) is 4.03. The summed E-state index contributed by atoms with van der Waals surface area (Å²) in [5.41, 5.74) is 3.04. The van der Waals surface area contributed by atoms with Crippen molar-refractivity contribution in [1.29, 1.82) is 0 Å². The Labute approximate surface area is 119 Å². The topological polar surface area (TPSA) is 20.2 Å². The zero-order chi connectivity index (χ0) is 14.5. The van der Waals surface area contributed by atoms with Crippen molar-refractivity contribution in [3.8, 4) is 0 Å². The molecular formula is C16H20FN3. The Morgan fingerprint density at radius 3 is 2.65 bits per heavy atom. The van der Waals surface area contributed by atoms with Crippen molar-refractivity contribution in [2.75, 3.05) is 10.2 Å². The van der Waals surface area contributed by atoms with Crippen molar-refractivity contribution >= 4 is 17.2 Å². The van der Waals surface area contributed by atoms with Crippen LogP contribution < -0.4 is 10.2 Å². The average molecular weight is 273 g/mol. The third-order valence-corrected chi connectivity index (χ3v) is 3.80. The number of fused-ring (bicyclic) bond motifs is 2. The van der Waals surface area contributed by atoms with Gasteiger partial charge in [-0.3, -0.25) is 0 Å². The Hall–Kier alpha value is -1.97. The summed E-state index contributed by atoms with van der Waals surface area (Å²) >= 11 is 0. The highest BCUT2D eigenvalue weighted by molar-refractivity contribution is 5.78. The lowest BCUT2D eigenvalue weighted by Gasteiger charge is -2.37. The van der Waals surface area contributed by atoms with Gasteiger partial charge in [0.2, 0.25) is 0 Å². The molecule has 2 aromatic rings. The zero-order valence-corrected chi connectivity index (χ0v) is 12.4. The van der Waals surface area contributed by atoms with E-state index in [4.69, 9.17) is 0 Å². The fraction of sp³-hybridized carbons (Fsp3) is 0.375. The molecule has 1 aliphatic heterocycles. The first-order valence-corrected chi connectivity index (χ1v) is 6.85. The van der Waals surface area contributed by atoms with Crippen molar-refractivity contribution in [3.05, 3.63) is 41.8 Å². The summed E-state index contributed by atoms with van der Waals surface area (Å²) in [6.45, 7) is 7.33. The number of nitrogens with zero attached hydrogens (tertiary/aromatic N) is 2. The molecule has 1 aromatic carbocycles. The first-order valence-electron chi connectivity index (χ1n) is 6.85. The molecular weight excluding hydrogens is 253 g/mol. The summed E-state index contributed by atoms with van der Waals surface area (Å²) in [6.07, 6.45) is 2.03. The van der Waals surface area contributed by atoms with Gasteiger partial charge in [0.15, 0.2) is 0 Å². The van der Waals surface area contributed by atoms with E-state index < -0.39 is 0 Å². The second kappa shape index (κ2) is 4.27. The SMILES string of the molecule is Cn1ccc2c1Nc1cc(F)ccc1N(C(C)(C)C)C2. The summed E-state index contributed by atoms with van der Waals surface area (Å²) in [5, 5.41) is 3.38. The summed E-state index contributed by atoms with van der Waals surface area (Å²) in [7, 11) is 2.00. The maximum atomic E-state index is 13.6. The molecule has 0 aliphatic carbocycles. The van der Waals surface area contributed by atoms with Crippen LogP contribution in [0.4, 0.5) is 21.6 Å². The van der Waals surface area contributed by atoms with Crippen molar-refractivity contribution in [3.63, 3.8) is 0 Å². The second-order valence-corrected chi connectivity index (χ2v) is 6.34. The molecule has 0 radical (unpaired) electrons. The van der Waals surface area contributed by atoms with E-state index >= 15 is 0 Å². The molecule has 1 aromatic heterocycles. The van der Waals surface area contributed by atoms with Gasteiger partial charge in [-0.2, -0.15) is 0 Å². The van der Waals surface area contributed by atoms with E-state index in [2.05, 4.69) is 37.1 Å². The van der Waals surface area contributed by atoms with Crippen molar-refractivity contribution in [2.45, 2.75) is 32.9 Å². The summed E-state index contributed by atoms with van der Waals surface area (Å²) < 4.78 is 15.6. The summed E-state index contributed by atoms with van der Waals surface area (Å²) in [6, 6.07) is 7.06. The normalized spacial score (nSPS) is 14.3. The van der Waals surface area contributed by atoms with E-state index in [-0.39, 0.29) is 11.4 Å². The first-order chi connectivity index (χ1) is 9.36. The van der Waals surface area contributed by atoms with Crippen LogP contribution in [0.2, 0.25) is 0 Å². The Balaban J connectivity index is 2.20. The van der Waals surface area contributed by atoms with Gasteiger partial charge in [-0.25, -0.2) is 4.39 Å². The molecule has 0 amide bonds. The predicted molar refractivity (Wildman–Crippen MR) is 81.0 cm³/mol. The lowest BCUT2D eigenvalue weighted by atomic mass is 10.0. The lowest BCUT2D eigenvalue weighted by Crippen LogP contribution is -2.40. The maximum Gasteiger partial charge on any atom is 0.125 e. The Bertz CT molecular complexity index is 652. The Morgan fingerprint density at radius 2 is 1.95 bits per heavy atom. The van der Waals surface area contributed by atoms with Crippen LogP contribution in [0.25, 0.3) is 0 Å². The van der Waals surface area contributed by atoms with Crippen LogP contribution in [0, 0.1) is 5.82 Å². The van der Waals surface area contributed by atoms with Gasteiger partial charge in [0.1, 0.15) is 11.6 Å². The largest absolute Gasteiger partial charge is 0.361 e. The van der Waals surface area contributed by atoms with E-state index in [1.54, 1.807) is 6.07 Å². The lowest BCUT2D eigenvalue weighted by molar-refractivity contribution is 0.502. The van der Waals surface area contributed by atoms with E-state index in [0.717, 1.165) is 23.7 Å². The van der Waals surface area contributed by atoms with Crippen molar-refractivity contribution in [1.82, 2.24) is 4.57 Å². The molecule has 0 bridgehead atoms. The number of hydrogen-bond donors (Lipinski definition) is 1. The first kappa shape index (κ1) is 13.0. The van der Waals surface area contributed by atoms with Crippen LogP contribution in [0.5, 0.6) is 0 Å². The molecule has 1 N–H and O–H groups in total. The molecule has 0 atom stereocenters. The zero-order valence-electron chi connectivity index (χ0n) is 12.4. The molecule has 106 valence electrons. The third-order valence-electron chi connectivity index (χ3n) is 3.80. The number of rotatable bonds is 0. The van der Waals surface area contributed by atoms with Crippen LogP contribution in [-0.4, -0.2) is 10.1 Å². The van der Waals surface area contributed by atoms with E-state index in [1.807, 2.05) is 23.9 Å². The second-order valence-electron chi connectivity index (χ2n) is 6.34. The van der Waals surface area contributed by atoms with Crippen LogP contribution in [0.15, 0.2) is 30.5 Å². The number of nitrogens with one attached hydrogen (secondary N) is 1. The Morgan fingerprint density at radius 1 is 1.20 bits per heavy atom. The van der Waals surface area contributed by atoms with Gasteiger partial charge in [0.05, 0.1) is 11.4 Å². The molecule has 4 heteroatoms. The molecule has 0 saturated carbocycles. The molecule has 20 heavy (non-hydrogen) atoms. The van der Waals surface area contributed by atoms with Gasteiger partial charge < -0.3 is 14.8 Å². The molecule has 0 unspecified atom stereocenters. The van der Waals surface area contributed by atoms with Gasteiger partial charge in [-0.1, -0.05) is 0 Å². The van der Waals surface area contributed by atoms with E-state index in [9.17, 15) is 4.39 Å². The van der Waals surface area contributed by atoms with Crippen LogP contribution in [-0.2, 0) is 13.6 Å². The van der Waals surface area contributed by atoms with E-state index in [0.29, 0.717) is 0 Å². The number of aromatic nitrogens is 1. The molecule has 0 fully saturated rings. The van der Waals surface area contributed by atoms with Gasteiger partial charge in [0.25, 0.3) is 0 Å². The number of aryl methyl sites for hydroxylation is 1. The number of anilines is 3. The van der Waals surface area contributed by atoms with Crippen molar-refractivity contribution in [2.24, 2.45) is 7.05 Å². The van der Waals surface area contributed by atoms with Crippen LogP contribution in [0.3, 0.4) is 0 Å². The summed E-state index contributed by atoms with van der Waals surface area (Å²) in [4.78, 5) is 2.31. The molecule has 1 aliphatic rings. The Kier molecular flexibility index (Phi) is 2.78. The number of hydrogen-bond acceptors (Lipinski definition) is 2. The molecule has 0 saturated heterocycles. The van der Waals surface area contributed by atoms with Crippen LogP contribution in [0.1, 0.15) is 26.3 Å². The smallest absolute Gasteiger partial charge is 0.125 e. The highest BCUT2D eigenvalue weighted by atomic mass is 19.1.